The summed E-state index contributed by atoms with van der Waals surface area (Å²) in [4.78, 5) is 0. The molecule has 1 fully saturated rings. The van der Waals surface area contributed by atoms with E-state index >= 15 is 0 Å². The van der Waals surface area contributed by atoms with Crippen molar-refractivity contribution in [2.75, 3.05) is 6.23 Å². The van der Waals surface area contributed by atoms with E-state index in [1.54, 1.807) is 0 Å². The fourth-order valence-corrected chi connectivity index (χ4v) is 7.71. The predicted octanol–water partition coefficient (Wildman–Crippen LogP) is 6.24. The van der Waals surface area contributed by atoms with Crippen molar-refractivity contribution < 1.29 is 19.3 Å². The van der Waals surface area contributed by atoms with Crippen molar-refractivity contribution in [2.45, 2.75) is 135 Å². The lowest BCUT2D eigenvalue weighted by Crippen LogP contribution is -2.56. The Kier molecular flexibility index (Phi) is 10.1. The van der Waals surface area contributed by atoms with Gasteiger partial charge in [-0.1, -0.05) is 60.6 Å². The van der Waals surface area contributed by atoms with E-state index in [1.165, 1.54) is 0 Å². The fraction of sp³-hybridized carbons (Fsp3) is 0.917. The van der Waals surface area contributed by atoms with Gasteiger partial charge in [0.05, 0.1) is 26.4 Å². The van der Waals surface area contributed by atoms with E-state index < -0.39 is 20.5 Å². The summed E-state index contributed by atoms with van der Waals surface area (Å²) in [5, 5.41) is 10.8. The topological polar surface area (TPSA) is 47.9 Å². The Balaban J connectivity index is 2.81. The number of hydrogen-bond acceptors (Lipinski definition) is 4. The average Bonchev–Trinajstić information content (AvgIpc) is 2.58. The maximum Gasteiger partial charge on any atom is 0.184 e. The molecule has 0 saturated carbocycles. The summed E-state index contributed by atoms with van der Waals surface area (Å²) in [6.45, 7) is 24.2. The van der Waals surface area contributed by atoms with Crippen LogP contribution in [0.4, 0.5) is 0 Å². The third-order valence-corrected chi connectivity index (χ3v) is 14.6. The average molecular weight is 429 g/mol. The van der Waals surface area contributed by atoms with Gasteiger partial charge in [-0.3, -0.25) is 0 Å². The Hall–Kier alpha value is -0.203. The van der Waals surface area contributed by atoms with Crippen LogP contribution in [0, 0.1) is 0 Å². The molecule has 0 bridgehead atoms. The molecule has 1 aliphatic rings. The highest BCUT2D eigenvalue weighted by molar-refractivity contribution is 6.83. The zero-order valence-electron chi connectivity index (χ0n) is 20.6. The van der Waals surface area contributed by atoms with Gasteiger partial charge in [-0.05, 0) is 43.2 Å². The lowest BCUT2D eigenvalue weighted by atomic mass is 10.0. The molecule has 0 unspecified atom stereocenters. The largest absolute Gasteiger partial charge is 0.390 e. The summed E-state index contributed by atoms with van der Waals surface area (Å²) in [7, 11) is -1.80. The van der Waals surface area contributed by atoms with Crippen molar-refractivity contribution in [2.24, 2.45) is 0 Å². The monoisotopic (exact) mass is 428 g/mol. The summed E-state index contributed by atoms with van der Waals surface area (Å²) in [6.07, 6.45) is 6.27. The first-order valence-electron chi connectivity index (χ1n) is 11.4. The van der Waals surface area contributed by atoms with Gasteiger partial charge in [0.2, 0.25) is 0 Å². The molecule has 29 heavy (non-hydrogen) atoms. The molecule has 1 saturated heterocycles. The molecule has 1 rings (SSSR count). The zero-order valence-corrected chi connectivity index (χ0v) is 21.6. The van der Waals surface area contributed by atoms with Crippen LogP contribution in [0.2, 0.25) is 16.6 Å². The van der Waals surface area contributed by atoms with E-state index in [0.29, 0.717) is 6.42 Å². The van der Waals surface area contributed by atoms with Gasteiger partial charge in [0.25, 0.3) is 0 Å². The normalized spacial score (nSPS) is 27.7. The predicted molar refractivity (Wildman–Crippen MR) is 125 cm³/mol. The molecular formula is C24H48O4Si. The van der Waals surface area contributed by atoms with Gasteiger partial charge in [0.1, 0.15) is 6.10 Å². The van der Waals surface area contributed by atoms with Gasteiger partial charge in [0.15, 0.2) is 6.29 Å². The smallest absolute Gasteiger partial charge is 0.184 e. The van der Waals surface area contributed by atoms with Crippen LogP contribution in [0.3, 0.4) is 0 Å². The van der Waals surface area contributed by atoms with Crippen molar-refractivity contribution in [3.8, 4) is 0 Å². The van der Waals surface area contributed by atoms with Gasteiger partial charge in [-0.25, -0.2) is 0 Å². The summed E-state index contributed by atoms with van der Waals surface area (Å²) in [5.41, 5.74) is 0. The Labute approximate surface area is 181 Å². The third kappa shape index (κ3) is 7.46. The molecule has 5 heteroatoms. The lowest BCUT2D eigenvalue weighted by Gasteiger charge is -2.50. The number of ether oxygens (including phenoxy) is 3. The molecule has 0 aliphatic carbocycles. The zero-order chi connectivity index (χ0) is 22.5. The Morgan fingerprint density at radius 3 is 2.28 bits per heavy atom. The molecule has 1 N–H and O–H groups in total. The highest BCUT2D eigenvalue weighted by Crippen LogP contribution is 2.51. The molecule has 172 valence electrons. The van der Waals surface area contributed by atoms with Crippen LogP contribution in [-0.4, -0.2) is 50.1 Å². The number of allylic oxidation sites excluding steroid dienone is 1. The molecule has 5 atom stereocenters. The number of rotatable bonds is 10. The highest BCUT2D eigenvalue weighted by atomic mass is 28.3. The maximum atomic E-state index is 10.4. The van der Waals surface area contributed by atoms with Crippen LogP contribution in [0.1, 0.15) is 87.5 Å². The summed E-state index contributed by atoms with van der Waals surface area (Å²) in [5.74, 6) is 0. The summed E-state index contributed by atoms with van der Waals surface area (Å²) >= 11 is 0. The van der Waals surface area contributed by atoms with Gasteiger partial charge in [-0.2, -0.15) is 0 Å². The van der Waals surface area contributed by atoms with Crippen molar-refractivity contribution >= 4 is 8.07 Å². The van der Waals surface area contributed by atoms with Crippen molar-refractivity contribution in [1.82, 2.24) is 0 Å². The SMILES string of the molecule is C=CCCCC[C@@H](C)O[C@@H]1O[C@@H](C)[C@H](O)C[C@H]1OC[Si](C)(C(C)(C)C)C(C)(C)C. The van der Waals surface area contributed by atoms with Crippen LogP contribution < -0.4 is 0 Å². The number of aliphatic hydroxyl groups excluding tert-OH is 1. The second-order valence-corrected chi connectivity index (χ2v) is 17.2. The van der Waals surface area contributed by atoms with Crippen molar-refractivity contribution in [1.29, 1.82) is 0 Å². The van der Waals surface area contributed by atoms with E-state index in [2.05, 4.69) is 61.6 Å². The van der Waals surface area contributed by atoms with E-state index in [1.807, 2.05) is 13.0 Å². The van der Waals surface area contributed by atoms with Crippen LogP contribution in [0.5, 0.6) is 0 Å². The molecule has 0 radical (unpaired) electrons. The minimum absolute atomic E-state index is 0.104. The van der Waals surface area contributed by atoms with Crippen LogP contribution in [0.25, 0.3) is 0 Å². The van der Waals surface area contributed by atoms with E-state index in [-0.39, 0.29) is 28.4 Å². The van der Waals surface area contributed by atoms with E-state index in [4.69, 9.17) is 14.2 Å². The molecule has 0 aromatic heterocycles. The fourth-order valence-electron chi connectivity index (χ4n) is 4.05. The van der Waals surface area contributed by atoms with Crippen molar-refractivity contribution in [3.05, 3.63) is 12.7 Å². The van der Waals surface area contributed by atoms with Gasteiger partial charge in [0, 0.05) is 12.7 Å². The molecule has 1 aliphatic heterocycles. The molecule has 4 nitrogen and oxygen atoms in total. The maximum absolute atomic E-state index is 10.4. The molecule has 1 heterocycles. The number of unbranched alkanes of at least 4 members (excludes halogenated alkanes) is 2. The molecule has 0 aromatic rings. The standard InChI is InChI=1S/C24H48O4Si/c1-11-12-13-14-15-18(2)27-22-21(16-20(25)19(3)28-22)26-17-29(10,23(4,5)6)24(7,8)9/h11,18-22,25H,1,12-17H2,2-10H3/t18-,19+,20-,21-,22-/m1/s1. The van der Waals surface area contributed by atoms with E-state index in [9.17, 15) is 5.11 Å². The number of hydrogen-bond donors (Lipinski definition) is 1. The first kappa shape index (κ1) is 26.8. The van der Waals surface area contributed by atoms with Gasteiger partial charge in [-0.15, -0.1) is 6.58 Å². The summed E-state index contributed by atoms with van der Waals surface area (Å²) in [6, 6.07) is 0. The van der Waals surface area contributed by atoms with E-state index in [0.717, 1.165) is 31.9 Å². The quantitative estimate of drug-likeness (QED) is 0.254. The third-order valence-electron chi connectivity index (χ3n) is 7.20. The second kappa shape index (κ2) is 10.9. The summed E-state index contributed by atoms with van der Waals surface area (Å²) < 4.78 is 18.8. The van der Waals surface area contributed by atoms with Crippen LogP contribution in [-0.2, 0) is 14.2 Å². The Morgan fingerprint density at radius 1 is 1.17 bits per heavy atom. The van der Waals surface area contributed by atoms with Crippen molar-refractivity contribution in [3.63, 3.8) is 0 Å². The number of aliphatic hydroxyl groups is 1. The second-order valence-electron chi connectivity index (χ2n) is 11.2. The minimum atomic E-state index is -1.80. The van der Waals surface area contributed by atoms with Crippen LogP contribution >= 0.6 is 0 Å². The Bertz CT molecular complexity index is 480. The molecule has 0 amide bonds. The van der Waals surface area contributed by atoms with Gasteiger partial charge < -0.3 is 19.3 Å². The highest BCUT2D eigenvalue weighted by Gasteiger charge is 2.50. The molecule has 0 aromatic carbocycles. The Morgan fingerprint density at radius 2 is 1.76 bits per heavy atom. The minimum Gasteiger partial charge on any atom is -0.390 e. The molecular weight excluding hydrogens is 380 g/mol. The van der Waals surface area contributed by atoms with Gasteiger partial charge >= 0.3 is 0 Å². The first-order chi connectivity index (χ1) is 13.2. The first-order valence-corrected chi connectivity index (χ1v) is 14.1. The molecule has 0 spiro atoms. The lowest BCUT2D eigenvalue weighted by molar-refractivity contribution is -0.280. The van der Waals surface area contributed by atoms with Crippen LogP contribution in [0.15, 0.2) is 12.7 Å².